The zero-order valence-corrected chi connectivity index (χ0v) is 22.5. The molecule has 0 spiro atoms. The third kappa shape index (κ3) is 4.71. The van der Waals surface area contributed by atoms with Crippen molar-refractivity contribution in [3.05, 3.63) is 75.3 Å². The quantitative estimate of drug-likeness (QED) is 0.346. The summed E-state index contributed by atoms with van der Waals surface area (Å²) in [5.41, 5.74) is 1.70. The lowest BCUT2D eigenvalue weighted by Gasteiger charge is -2.37. The first-order valence-corrected chi connectivity index (χ1v) is 14.3. The summed E-state index contributed by atoms with van der Waals surface area (Å²) in [4.78, 5) is 38.6. The number of pyridine rings is 1. The number of amides is 1. The van der Waals surface area contributed by atoms with E-state index >= 15 is 0 Å². The van der Waals surface area contributed by atoms with Crippen molar-refractivity contribution in [2.24, 2.45) is 0 Å². The molecule has 3 aliphatic rings. The van der Waals surface area contributed by atoms with Crippen LogP contribution in [0.1, 0.15) is 37.7 Å². The van der Waals surface area contributed by atoms with E-state index in [1.54, 1.807) is 35.4 Å². The van der Waals surface area contributed by atoms with Crippen LogP contribution < -0.4 is 15.4 Å². The van der Waals surface area contributed by atoms with Crippen LogP contribution in [0.5, 0.6) is 0 Å². The standard InChI is InChI=1S/C28H28FN5O2S2/c29-19-9-11-20(12-10-19)31-14-16-32(17-15-31)25-22(26(35)33-13-5-4-8-24(33)30-25)18-23-27(36)34(28(37)38-23)21-6-2-1-3-7-21/h4-5,8-13,18,21H,1-3,6-7,14-17H2. The Morgan fingerprint density at radius 3 is 2.39 bits per heavy atom. The van der Waals surface area contributed by atoms with Crippen molar-refractivity contribution in [3.8, 4) is 0 Å². The van der Waals surface area contributed by atoms with Crippen LogP contribution in [0.3, 0.4) is 0 Å². The molecule has 38 heavy (non-hydrogen) atoms. The molecule has 0 unspecified atom stereocenters. The maximum absolute atomic E-state index is 13.7. The third-order valence-corrected chi connectivity index (χ3v) is 8.89. The highest BCUT2D eigenvalue weighted by molar-refractivity contribution is 8.26. The molecule has 0 radical (unpaired) electrons. The number of carbonyl (C=O) groups is 1. The highest BCUT2D eigenvalue weighted by Gasteiger charge is 2.38. The average Bonchev–Trinajstić information content (AvgIpc) is 3.23. The van der Waals surface area contributed by atoms with Crippen LogP contribution in [0.25, 0.3) is 11.7 Å². The number of hydrogen-bond acceptors (Lipinski definition) is 7. The smallest absolute Gasteiger partial charge is 0.267 e. The van der Waals surface area contributed by atoms with E-state index in [1.165, 1.54) is 34.7 Å². The highest BCUT2D eigenvalue weighted by atomic mass is 32.2. The summed E-state index contributed by atoms with van der Waals surface area (Å²) in [6, 6.07) is 12.1. The van der Waals surface area contributed by atoms with Gasteiger partial charge in [0.2, 0.25) is 0 Å². The highest BCUT2D eigenvalue weighted by Crippen LogP contribution is 2.38. The molecular formula is C28H28FN5O2S2. The van der Waals surface area contributed by atoms with Gasteiger partial charge in [-0.05, 0) is 55.3 Å². The maximum atomic E-state index is 13.7. The van der Waals surface area contributed by atoms with Gasteiger partial charge in [0.1, 0.15) is 21.6 Å². The van der Waals surface area contributed by atoms with Crippen molar-refractivity contribution < 1.29 is 9.18 Å². The molecule has 2 saturated heterocycles. The van der Waals surface area contributed by atoms with E-state index in [0.29, 0.717) is 52.4 Å². The van der Waals surface area contributed by atoms with E-state index in [9.17, 15) is 14.0 Å². The first-order valence-electron chi connectivity index (χ1n) is 13.0. The third-order valence-electron chi connectivity index (χ3n) is 7.56. The predicted octanol–water partition coefficient (Wildman–Crippen LogP) is 4.69. The fraction of sp³-hybridized carbons (Fsp3) is 0.357. The number of nitrogens with zero attached hydrogens (tertiary/aromatic N) is 5. The molecule has 10 heteroatoms. The van der Waals surface area contributed by atoms with Crippen LogP contribution in [0, 0.1) is 5.82 Å². The Hall–Kier alpha value is -3.24. The Kier molecular flexibility index (Phi) is 6.92. The average molecular weight is 550 g/mol. The first kappa shape index (κ1) is 25.1. The van der Waals surface area contributed by atoms with Gasteiger partial charge >= 0.3 is 0 Å². The number of benzene rings is 1. The second-order valence-electron chi connectivity index (χ2n) is 9.88. The SMILES string of the molecule is O=C1C(=Cc2c(N3CCN(c4ccc(F)cc4)CC3)nc3ccccn3c2=O)SC(=S)N1C1CCCCC1. The lowest BCUT2D eigenvalue weighted by molar-refractivity contribution is -0.124. The zero-order chi connectivity index (χ0) is 26.2. The van der Waals surface area contributed by atoms with Crippen LogP contribution in [-0.4, -0.2) is 56.7 Å². The van der Waals surface area contributed by atoms with Gasteiger partial charge in [0.05, 0.1) is 10.5 Å². The van der Waals surface area contributed by atoms with Crippen molar-refractivity contribution in [1.82, 2.24) is 14.3 Å². The number of halogens is 1. The number of anilines is 2. The number of rotatable bonds is 4. The van der Waals surface area contributed by atoms with E-state index < -0.39 is 0 Å². The number of fused-ring (bicyclic) bond motifs is 1. The zero-order valence-electron chi connectivity index (χ0n) is 20.9. The molecule has 1 saturated carbocycles. The van der Waals surface area contributed by atoms with Gasteiger partial charge in [-0.2, -0.15) is 0 Å². The van der Waals surface area contributed by atoms with Gasteiger partial charge in [0, 0.05) is 44.1 Å². The Balaban J connectivity index is 1.33. The van der Waals surface area contributed by atoms with Crippen LogP contribution in [0.4, 0.5) is 15.9 Å². The topological polar surface area (TPSA) is 61.2 Å². The largest absolute Gasteiger partial charge is 0.368 e. The molecule has 4 heterocycles. The van der Waals surface area contributed by atoms with Crippen molar-refractivity contribution in [1.29, 1.82) is 0 Å². The minimum Gasteiger partial charge on any atom is -0.368 e. The van der Waals surface area contributed by atoms with Gasteiger partial charge in [0.25, 0.3) is 11.5 Å². The normalized spacial score (nSPS) is 20.2. The van der Waals surface area contributed by atoms with Gasteiger partial charge < -0.3 is 9.80 Å². The molecule has 0 N–H and O–H groups in total. The summed E-state index contributed by atoms with van der Waals surface area (Å²) in [5, 5.41) is 0. The second kappa shape index (κ2) is 10.5. The van der Waals surface area contributed by atoms with Crippen molar-refractivity contribution in [2.75, 3.05) is 36.0 Å². The van der Waals surface area contributed by atoms with E-state index in [2.05, 4.69) is 9.80 Å². The summed E-state index contributed by atoms with van der Waals surface area (Å²) in [6.07, 6.45) is 8.71. The molecule has 3 aromatic rings. The van der Waals surface area contributed by atoms with Crippen LogP contribution in [-0.2, 0) is 4.79 Å². The van der Waals surface area contributed by atoms with Crippen LogP contribution in [0.15, 0.2) is 58.4 Å². The first-order chi connectivity index (χ1) is 18.5. The Labute approximate surface area is 229 Å². The van der Waals surface area contributed by atoms with E-state index in [0.717, 1.165) is 31.4 Å². The number of piperazine rings is 1. The fourth-order valence-corrected chi connectivity index (χ4v) is 6.93. The maximum Gasteiger partial charge on any atom is 0.267 e. The molecule has 1 amide bonds. The molecule has 196 valence electrons. The lowest BCUT2D eigenvalue weighted by atomic mass is 9.94. The Bertz CT molecular complexity index is 1470. The number of hydrogen-bond donors (Lipinski definition) is 0. The fourth-order valence-electron chi connectivity index (χ4n) is 5.55. The van der Waals surface area contributed by atoms with Crippen molar-refractivity contribution in [3.63, 3.8) is 0 Å². The summed E-state index contributed by atoms with van der Waals surface area (Å²) in [5.74, 6) is 0.200. The summed E-state index contributed by atoms with van der Waals surface area (Å²) in [6.45, 7) is 2.67. The monoisotopic (exact) mass is 549 g/mol. The molecule has 6 rings (SSSR count). The van der Waals surface area contributed by atoms with Gasteiger partial charge in [-0.3, -0.25) is 18.9 Å². The van der Waals surface area contributed by atoms with E-state index in [-0.39, 0.29) is 23.3 Å². The van der Waals surface area contributed by atoms with Crippen LogP contribution >= 0.6 is 24.0 Å². The number of carbonyl (C=O) groups excluding carboxylic acids is 1. The van der Waals surface area contributed by atoms with Gasteiger partial charge in [-0.15, -0.1) is 0 Å². The van der Waals surface area contributed by atoms with Crippen LogP contribution in [0.2, 0.25) is 0 Å². The molecule has 3 fully saturated rings. The predicted molar refractivity (Wildman–Crippen MR) is 154 cm³/mol. The molecular weight excluding hydrogens is 521 g/mol. The molecule has 2 aliphatic heterocycles. The molecule has 1 aromatic carbocycles. The van der Waals surface area contributed by atoms with Gasteiger partial charge in [-0.25, -0.2) is 9.37 Å². The molecule has 2 aromatic heterocycles. The summed E-state index contributed by atoms with van der Waals surface area (Å²) < 4.78 is 15.5. The van der Waals surface area contributed by atoms with Gasteiger partial charge in [0.15, 0.2) is 0 Å². The van der Waals surface area contributed by atoms with Gasteiger partial charge in [-0.1, -0.05) is 49.3 Å². The molecule has 7 nitrogen and oxygen atoms in total. The second-order valence-corrected chi connectivity index (χ2v) is 11.6. The van der Waals surface area contributed by atoms with E-state index in [1.807, 2.05) is 12.1 Å². The number of thioether (sulfide) groups is 1. The number of thiocarbonyl (C=S) groups is 1. The molecule has 1 aliphatic carbocycles. The Morgan fingerprint density at radius 1 is 0.947 bits per heavy atom. The molecule has 0 bridgehead atoms. The molecule has 0 atom stereocenters. The summed E-state index contributed by atoms with van der Waals surface area (Å²) >= 11 is 6.89. The van der Waals surface area contributed by atoms with Crippen molar-refractivity contribution in [2.45, 2.75) is 38.1 Å². The minimum atomic E-state index is -0.258. The van der Waals surface area contributed by atoms with Crippen molar-refractivity contribution >= 4 is 57.4 Å². The van der Waals surface area contributed by atoms with E-state index in [4.69, 9.17) is 17.2 Å². The lowest BCUT2D eigenvalue weighted by Crippen LogP contribution is -2.47. The summed E-state index contributed by atoms with van der Waals surface area (Å²) in [7, 11) is 0. The minimum absolute atomic E-state index is 0.114. The Morgan fingerprint density at radius 2 is 1.66 bits per heavy atom. The number of aromatic nitrogens is 2.